The van der Waals surface area contributed by atoms with Crippen LogP contribution in [0.25, 0.3) is 6.08 Å². The van der Waals surface area contributed by atoms with Crippen molar-refractivity contribution in [1.29, 1.82) is 0 Å². The Bertz CT molecular complexity index is 828. The van der Waals surface area contributed by atoms with Crippen molar-refractivity contribution in [3.8, 4) is 5.75 Å². The first-order chi connectivity index (χ1) is 12.1. The minimum absolute atomic E-state index is 0.0538. The summed E-state index contributed by atoms with van der Waals surface area (Å²) in [5.74, 6) is 0.718. The van der Waals surface area contributed by atoms with E-state index in [4.69, 9.17) is 17.0 Å². The minimum Gasteiger partial charge on any atom is -0.493 e. The highest BCUT2D eigenvalue weighted by Crippen LogP contribution is 2.35. The van der Waals surface area contributed by atoms with Crippen LogP contribution in [0.15, 0.2) is 53.4 Å². The number of rotatable bonds is 5. The van der Waals surface area contributed by atoms with E-state index < -0.39 is 0 Å². The van der Waals surface area contributed by atoms with Gasteiger partial charge in [-0.1, -0.05) is 72.0 Å². The van der Waals surface area contributed by atoms with Gasteiger partial charge in [0.2, 0.25) is 0 Å². The van der Waals surface area contributed by atoms with Crippen molar-refractivity contribution in [1.82, 2.24) is 4.90 Å². The van der Waals surface area contributed by atoms with Gasteiger partial charge < -0.3 is 4.74 Å². The fraction of sp³-hybridized carbons (Fsp3) is 0.200. The molecule has 0 aromatic heterocycles. The number of hydrogen-bond donors (Lipinski definition) is 0. The number of carbonyl (C=O) groups excluding carboxylic acids is 1. The maximum Gasteiger partial charge on any atom is 0.266 e. The first-order valence-corrected chi connectivity index (χ1v) is 9.33. The van der Waals surface area contributed by atoms with E-state index in [2.05, 4.69) is 0 Å². The van der Waals surface area contributed by atoms with Crippen molar-refractivity contribution < 1.29 is 9.53 Å². The third-order valence-corrected chi connectivity index (χ3v) is 5.22. The Labute approximate surface area is 157 Å². The average molecular weight is 370 g/mol. The summed E-state index contributed by atoms with van der Waals surface area (Å²) in [4.78, 5) is 15.1. The van der Waals surface area contributed by atoms with Crippen LogP contribution in [-0.4, -0.2) is 21.7 Å². The van der Waals surface area contributed by atoms with Gasteiger partial charge in [0.1, 0.15) is 10.1 Å². The molecule has 0 aliphatic carbocycles. The highest BCUT2D eigenvalue weighted by atomic mass is 32.2. The summed E-state index contributed by atoms with van der Waals surface area (Å²) in [6.45, 7) is 5.06. The smallest absolute Gasteiger partial charge is 0.266 e. The molecule has 1 fully saturated rings. The molecule has 0 radical (unpaired) electrons. The van der Waals surface area contributed by atoms with Crippen molar-refractivity contribution in [2.45, 2.75) is 20.4 Å². The summed E-state index contributed by atoms with van der Waals surface area (Å²) in [6, 6.07) is 15.8. The van der Waals surface area contributed by atoms with E-state index in [1.807, 2.05) is 68.5 Å². The molecule has 2 aromatic rings. The number of thioether (sulfide) groups is 1. The Kier molecular flexibility index (Phi) is 5.56. The number of aryl methyl sites for hydroxylation is 1. The summed E-state index contributed by atoms with van der Waals surface area (Å²) in [5.41, 5.74) is 3.15. The van der Waals surface area contributed by atoms with Crippen LogP contribution in [0.3, 0.4) is 0 Å². The Hall–Kier alpha value is -2.11. The molecular formula is C20H19NO2S2. The van der Waals surface area contributed by atoms with Gasteiger partial charge in [0.25, 0.3) is 5.91 Å². The normalized spacial score (nSPS) is 15.9. The number of thiocarbonyl (C=S) groups is 1. The molecule has 0 bridgehead atoms. The third-order valence-electron chi connectivity index (χ3n) is 3.84. The molecule has 1 saturated heterocycles. The maximum absolute atomic E-state index is 12.8. The second-order valence-electron chi connectivity index (χ2n) is 5.72. The molecule has 128 valence electrons. The highest BCUT2D eigenvalue weighted by Gasteiger charge is 2.32. The van der Waals surface area contributed by atoms with Crippen LogP contribution in [0.1, 0.15) is 23.6 Å². The molecule has 1 aliphatic rings. The number of para-hydroxylation sites is 1. The highest BCUT2D eigenvalue weighted by molar-refractivity contribution is 8.26. The lowest BCUT2D eigenvalue weighted by molar-refractivity contribution is -0.122. The molecule has 1 heterocycles. The van der Waals surface area contributed by atoms with Gasteiger partial charge in [-0.25, -0.2) is 0 Å². The maximum atomic E-state index is 12.8. The van der Waals surface area contributed by atoms with Crippen molar-refractivity contribution in [2.75, 3.05) is 6.61 Å². The van der Waals surface area contributed by atoms with Crippen LogP contribution in [-0.2, 0) is 11.3 Å². The van der Waals surface area contributed by atoms with Crippen molar-refractivity contribution >= 4 is 40.3 Å². The van der Waals surface area contributed by atoms with E-state index in [1.165, 1.54) is 17.3 Å². The lowest BCUT2D eigenvalue weighted by atomic mass is 10.1. The average Bonchev–Trinajstić information content (AvgIpc) is 2.86. The molecule has 5 heteroatoms. The number of hydrogen-bond acceptors (Lipinski definition) is 4. The van der Waals surface area contributed by atoms with Gasteiger partial charge in [-0.3, -0.25) is 9.69 Å². The zero-order valence-electron chi connectivity index (χ0n) is 14.2. The Morgan fingerprint density at radius 1 is 1.16 bits per heavy atom. The second kappa shape index (κ2) is 7.85. The first-order valence-electron chi connectivity index (χ1n) is 8.11. The van der Waals surface area contributed by atoms with Gasteiger partial charge in [-0.15, -0.1) is 0 Å². The van der Waals surface area contributed by atoms with Crippen molar-refractivity contribution in [3.63, 3.8) is 0 Å². The quantitative estimate of drug-likeness (QED) is 0.559. The molecule has 25 heavy (non-hydrogen) atoms. The van der Waals surface area contributed by atoms with Crippen LogP contribution in [0, 0.1) is 6.92 Å². The minimum atomic E-state index is -0.0538. The molecule has 0 unspecified atom stereocenters. The summed E-state index contributed by atoms with van der Waals surface area (Å²) in [7, 11) is 0. The lowest BCUT2D eigenvalue weighted by Crippen LogP contribution is -2.27. The Morgan fingerprint density at radius 2 is 1.88 bits per heavy atom. The van der Waals surface area contributed by atoms with Crippen LogP contribution in [0.2, 0.25) is 0 Å². The lowest BCUT2D eigenvalue weighted by Gasteiger charge is -2.14. The fourth-order valence-electron chi connectivity index (χ4n) is 2.54. The largest absolute Gasteiger partial charge is 0.493 e. The van der Waals surface area contributed by atoms with E-state index in [0.29, 0.717) is 22.4 Å². The molecule has 0 saturated carbocycles. The molecule has 0 N–H and O–H groups in total. The van der Waals surface area contributed by atoms with E-state index in [9.17, 15) is 4.79 Å². The SMILES string of the molecule is CCOc1ccccc1/C=C1\SC(=S)N(Cc2ccc(C)cc2)C1=O. The van der Waals surface area contributed by atoms with Gasteiger partial charge in [0.05, 0.1) is 18.1 Å². The summed E-state index contributed by atoms with van der Waals surface area (Å²) in [5, 5.41) is 0. The molecule has 3 nitrogen and oxygen atoms in total. The van der Waals surface area contributed by atoms with E-state index in [-0.39, 0.29) is 5.91 Å². The van der Waals surface area contributed by atoms with E-state index in [1.54, 1.807) is 4.90 Å². The van der Waals surface area contributed by atoms with E-state index in [0.717, 1.165) is 16.9 Å². The van der Waals surface area contributed by atoms with Gasteiger partial charge in [0.15, 0.2) is 0 Å². The molecule has 0 spiro atoms. The molecule has 1 amide bonds. The van der Waals surface area contributed by atoms with Crippen LogP contribution < -0.4 is 4.74 Å². The van der Waals surface area contributed by atoms with Crippen molar-refractivity contribution in [2.24, 2.45) is 0 Å². The van der Waals surface area contributed by atoms with Gasteiger partial charge in [-0.05, 0) is 31.6 Å². The number of amides is 1. The number of carbonyl (C=O) groups is 1. The van der Waals surface area contributed by atoms with E-state index >= 15 is 0 Å². The van der Waals surface area contributed by atoms with Gasteiger partial charge in [0, 0.05) is 5.56 Å². The first kappa shape index (κ1) is 17.7. The monoisotopic (exact) mass is 369 g/mol. The summed E-state index contributed by atoms with van der Waals surface area (Å²) in [6.07, 6.45) is 1.86. The van der Waals surface area contributed by atoms with Crippen LogP contribution in [0.4, 0.5) is 0 Å². The topological polar surface area (TPSA) is 29.5 Å². The van der Waals surface area contributed by atoms with Crippen LogP contribution >= 0.6 is 24.0 Å². The zero-order valence-corrected chi connectivity index (χ0v) is 15.8. The van der Waals surface area contributed by atoms with Crippen molar-refractivity contribution in [3.05, 3.63) is 70.1 Å². The molecule has 2 aromatic carbocycles. The second-order valence-corrected chi connectivity index (χ2v) is 7.40. The number of nitrogens with zero attached hydrogens (tertiary/aromatic N) is 1. The zero-order chi connectivity index (χ0) is 17.8. The molecular weight excluding hydrogens is 350 g/mol. The molecule has 1 aliphatic heterocycles. The summed E-state index contributed by atoms with van der Waals surface area (Å²) >= 11 is 6.75. The molecule has 0 atom stereocenters. The van der Waals surface area contributed by atoms with Gasteiger partial charge in [-0.2, -0.15) is 0 Å². The number of ether oxygens (including phenoxy) is 1. The van der Waals surface area contributed by atoms with Gasteiger partial charge >= 0.3 is 0 Å². The predicted octanol–water partition coefficient (Wildman–Crippen LogP) is 4.80. The Balaban J connectivity index is 1.82. The fourth-order valence-corrected chi connectivity index (χ4v) is 3.79. The Morgan fingerprint density at radius 3 is 2.60 bits per heavy atom. The molecule has 3 rings (SSSR count). The third kappa shape index (κ3) is 4.11. The van der Waals surface area contributed by atoms with Crippen LogP contribution in [0.5, 0.6) is 5.75 Å². The summed E-state index contributed by atoms with van der Waals surface area (Å²) < 4.78 is 6.22. The number of benzene rings is 2. The predicted molar refractivity (Wildman–Crippen MR) is 108 cm³/mol. The standard InChI is InChI=1S/C20H19NO2S2/c1-3-23-17-7-5-4-6-16(17)12-18-19(22)21(20(24)25-18)13-15-10-8-14(2)9-11-15/h4-12H,3,13H2,1-2H3/b18-12-.